The number of nitrogens with zero attached hydrogens (tertiary/aromatic N) is 2. The summed E-state index contributed by atoms with van der Waals surface area (Å²) in [6, 6.07) is 10.4. The monoisotopic (exact) mass is 218 g/mol. The molecule has 3 fully saturated rings. The van der Waals surface area contributed by atoms with Crippen LogP contribution in [0.4, 0.5) is 0 Å². The maximum Gasteiger partial charge on any atom is 0.123 e. The van der Waals surface area contributed by atoms with Crippen molar-refractivity contribution in [2.45, 2.75) is 12.8 Å². The first-order chi connectivity index (χ1) is 7.92. The lowest BCUT2D eigenvalue weighted by Crippen LogP contribution is -2.61. The first kappa shape index (κ1) is 10.3. The van der Waals surface area contributed by atoms with Gasteiger partial charge in [-0.1, -0.05) is 30.3 Å². The van der Waals surface area contributed by atoms with Gasteiger partial charge >= 0.3 is 0 Å². The van der Waals surface area contributed by atoms with E-state index in [1.807, 2.05) is 6.07 Å². The zero-order chi connectivity index (χ0) is 10.8. The molecule has 0 spiro atoms. The Morgan fingerprint density at radius 3 is 2.44 bits per heavy atom. The highest BCUT2D eigenvalue weighted by molar-refractivity contribution is 5.13. The first-order valence-electron chi connectivity index (χ1n) is 6.04. The van der Waals surface area contributed by atoms with Crippen LogP contribution in [0.2, 0.25) is 0 Å². The van der Waals surface area contributed by atoms with Gasteiger partial charge in [0.15, 0.2) is 0 Å². The normalized spacial score (nSPS) is 32.9. The van der Waals surface area contributed by atoms with Crippen LogP contribution in [-0.2, 0) is 11.3 Å². The van der Waals surface area contributed by atoms with Crippen LogP contribution < -0.4 is 0 Å². The summed E-state index contributed by atoms with van der Waals surface area (Å²) in [5.41, 5.74) is 1.26. The quantitative estimate of drug-likeness (QED) is 0.757. The molecule has 3 heterocycles. The topological polar surface area (TPSA) is 15.7 Å². The van der Waals surface area contributed by atoms with E-state index in [1.165, 1.54) is 31.7 Å². The van der Waals surface area contributed by atoms with E-state index in [2.05, 4.69) is 34.1 Å². The van der Waals surface area contributed by atoms with Crippen LogP contribution in [0.1, 0.15) is 5.56 Å². The molecule has 0 saturated carbocycles. The smallest absolute Gasteiger partial charge is 0.123 e. The molecule has 1 aromatic carbocycles. The average Bonchev–Trinajstić information content (AvgIpc) is 2.39. The lowest BCUT2D eigenvalue weighted by Gasteiger charge is -2.46. The fourth-order valence-corrected chi connectivity index (χ4v) is 2.50. The van der Waals surface area contributed by atoms with Crippen molar-refractivity contribution in [1.82, 2.24) is 9.80 Å². The summed E-state index contributed by atoms with van der Waals surface area (Å²) in [6.45, 7) is 6.57. The fraction of sp³-hybridized carbons (Fsp3) is 0.538. The minimum atomic E-state index is 0.308. The molecule has 3 aliphatic heterocycles. The molecule has 2 bridgehead atoms. The van der Waals surface area contributed by atoms with Crippen molar-refractivity contribution >= 4 is 0 Å². The maximum absolute atomic E-state index is 5.99. The number of hydrogen-bond acceptors (Lipinski definition) is 3. The fourth-order valence-electron chi connectivity index (χ4n) is 2.50. The minimum Gasteiger partial charge on any atom is -0.357 e. The summed E-state index contributed by atoms with van der Waals surface area (Å²) in [6.07, 6.45) is 0.308. The molecule has 3 heteroatoms. The van der Waals surface area contributed by atoms with Crippen molar-refractivity contribution in [2.75, 3.05) is 32.7 Å². The number of rotatable bonds is 3. The van der Waals surface area contributed by atoms with E-state index in [1.54, 1.807) is 0 Å². The van der Waals surface area contributed by atoms with Crippen LogP contribution in [0.5, 0.6) is 0 Å². The molecule has 0 aliphatic carbocycles. The summed E-state index contributed by atoms with van der Waals surface area (Å²) >= 11 is 0. The van der Waals surface area contributed by atoms with E-state index in [0.29, 0.717) is 6.23 Å². The zero-order valence-electron chi connectivity index (χ0n) is 9.51. The number of benzene rings is 1. The highest BCUT2D eigenvalue weighted by Crippen LogP contribution is 2.17. The van der Waals surface area contributed by atoms with Crippen LogP contribution in [0, 0.1) is 0 Å². The van der Waals surface area contributed by atoms with Crippen LogP contribution >= 0.6 is 0 Å². The van der Waals surface area contributed by atoms with Crippen molar-refractivity contribution in [3.05, 3.63) is 35.9 Å². The summed E-state index contributed by atoms with van der Waals surface area (Å²) in [7, 11) is 0. The average molecular weight is 218 g/mol. The van der Waals surface area contributed by atoms with E-state index in [0.717, 1.165) is 13.2 Å². The van der Waals surface area contributed by atoms with Gasteiger partial charge in [0.2, 0.25) is 0 Å². The standard InChI is InChI=1S/C13H18N2O/c1-2-4-12(5-3-1)11-16-13-10-14-6-8-15(13)9-7-14/h1-5,13H,6-11H2. The van der Waals surface area contributed by atoms with Gasteiger partial charge in [-0.2, -0.15) is 0 Å². The highest BCUT2D eigenvalue weighted by Gasteiger charge is 2.32. The number of ether oxygens (including phenoxy) is 1. The third-order valence-corrected chi connectivity index (χ3v) is 3.51. The largest absolute Gasteiger partial charge is 0.357 e. The molecule has 1 atom stereocenters. The molecule has 0 radical (unpaired) electrons. The number of piperazine rings is 3. The summed E-state index contributed by atoms with van der Waals surface area (Å²) in [5, 5.41) is 0. The predicted octanol–water partition coefficient (Wildman–Crippen LogP) is 1.16. The van der Waals surface area contributed by atoms with Gasteiger partial charge in [0, 0.05) is 32.7 Å². The van der Waals surface area contributed by atoms with E-state index in [4.69, 9.17) is 4.74 Å². The Bertz CT molecular complexity index is 333. The van der Waals surface area contributed by atoms with E-state index in [9.17, 15) is 0 Å². The molecule has 0 N–H and O–H groups in total. The van der Waals surface area contributed by atoms with Gasteiger partial charge < -0.3 is 4.74 Å². The highest BCUT2D eigenvalue weighted by atomic mass is 16.5. The summed E-state index contributed by atoms with van der Waals surface area (Å²) < 4.78 is 5.99. The molecule has 1 unspecified atom stereocenters. The first-order valence-corrected chi connectivity index (χ1v) is 6.04. The molecule has 16 heavy (non-hydrogen) atoms. The molecule has 3 saturated heterocycles. The molecule has 4 rings (SSSR count). The lowest BCUT2D eigenvalue weighted by molar-refractivity contribution is -0.137. The minimum absolute atomic E-state index is 0.308. The van der Waals surface area contributed by atoms with Gasteiger partial charge in [-0.05, 0) is 5.56 Å². The Morgan fingerprint density at radius 2 is 1.81 bits per heavy atom. The lowest BCUT2D eigenvalue weighted by atomic mass is 10.2. The Labute approximate surface area is 96.6 Å². The molecule has 3 nitrogen and oxygen atoms in total. The van der Waals surface area contributed by atoms with E-state index in [-0.39, 0.29) is 0 Å². The van der Waals surface area contributed by atoms with Gasteiger partial charge in [-0.3, -0.25) is 9.80 Å². The Morgan fingerprint density at radius 1 is 1.06 bits per heavy atom. The van der Waals surface area contributed by atoms with E-state index < -0.39 is 0 Å². The molecular weight excluding hydrogens is 200 g/mol. The van der Waals surface area contributed by atoms with Crippen molar-refractivity contribution in [2.24, 2.45) is 0 Å². The third kappa shape index (κ3) is 2.12. The molecule has 86 valence electrons. The van der Waals surface area contributed by atoms with Crippen molar-refractivity contribution in [3.63, 3.8) is 0 Å². The van der Waals surface area contributed by atoms with Gasteiger partial charge in [0.1, 0.15) is 6.23 Å². The second-order valence-corrected chi connectivity index (χ2v) is 4.59. The second kappa shape index (κ2) is 4.53. The maximum atomic E-state index is 5.99. The third-order valence-electron chi connectivity index (χ3n) is 3.51. The SMILES string of the molecule is c1ccc(COC2CN3CCN2CC3)cc1. The van der Waals surface area contributed by atoms with Crippen molar-refractivity contribution in [1.29, 1.82) is 0 Å². The van der Waals surface area contributed by atoms with Gasteiger partial charge in [-0.15, -0.1) is 0 Å². The zero-order valence-corrected chi connectivity index (χ0v) is 9.51. The van der Waals surface area contributed by atoms with Gasteiger partial charge in [0.25, 0.3) is 0 Å². The summed E-state index contributed by atoms with van der Waals surface area (Å²) in [5.74, 6) is 0. The second-order valence-electron chi connectivity index (χ2n) is 4.59. The van der Waals surface area contributed by atoms with Gasteiger partial charge in [0.05, 0.1) is 6.61 Å². The van der Waals surface area contributed by atoms with Crippen LogP contribution in [0.15, 0.2) is 30.3 Å². The Hall–Kier alpha value is -0.900. The van der Waals surface area contributed by atoms with Crippen LogP contribution in [-0.4, -0.2) is 48.8 Å². The molecule has 3 aliphatic rings. The summed E-state index contributed by atoms with van der Waals surface area (Å²) in [4.78, 5) is 4.96. The van der Waals surface area contributed by atoms with Gasteiger partial charge in [-0.25, -0.2) is 0 Å². The molecular formula is C13H18N2O. The van der Waals surface area contributed by atoms with Crippen LogP contribution in [0.3, 0.4) is 0 Å². The molecule has 1 aromatic rings. The predicted molar refractivity (Wildman–Crippen MR) is 63.0 cm³/mol. The van der Waals surface area contributed by atoms with Crippen LogP contribution in [0.25, 0.3) is 0 Å². The molecule has 0 amide bonds. The number of hydrogen-bond donors (Lipinski definition) is 0. The Kier molecular flexibility index (Phi) is 2.91. The number of fused-ring (bicyclic) bond motifs is 3. The van der Waals surface area contributed by atoms with Crippen molar-refractivity contribution in [3.8, 4) is 0 Å². The van der Waals surface area contributed by atoms with E-state index >= 15 is 0 Å². The Balaban J connectivity index is 1.56. The van der Waals surface area contributed by atoms with Crippen molar-refractivity contribution < 1.29 is 4.74 Å². The molecule has 0 aromatic heterocycles.